The van der Waals surface area contributed by atoms with E-state index in [9.17, 15) is 31.1 Å². The average molecular weight is 533 g/mol. The lowest BCUT2D eigenvalue weighted by molar-refractivity contribution is -0.202. The van der Waals surface area contributed by atoms with E-state index in [0.717, 1.165) is 12.1 Å². The molecule has 1 aliphatic rings. The Labute approximate surface area is 203 Å². The van der Waals surface area contributed by atoms with E-state index in [0.29, 0.717) is 6.07 Å². The molecule has 2 aromatic heterocycles. The van der Waals surface area contributed by atoms with Gasteiger partial charge in [0.2, 0.25) is 5.82 Å². The van der Waals surface area contributed by atoms with Gasteiger partial charge in [0.15, 0.2) is 5.54 Å². The van der Waals surface area contributed by atoms with E-state index in [4.69, 9.17) is 4.74 Å². The summed E-state index contributed by atoms with van der Waals surface area (Å²) in [5.41, 5.74) is -4.65. The van der Waals surface area contributed by atoms with Crippen molar-refractivity contribution in [2.45, 2.75) is 37.2 Å². The molecule has 1 aromatic carbocycles. The lowest BCUT2D eigenvalue weighted by atomic mass is 9.77. The van der Waals surface area contributed by atoms with Crippen molar-refractivity contribution in [1.29, 1.82) is 0 Å². The Kier molecular flexibility index (Phi) is 6.68. The number of aromatic amines is 1. The molecule has 3 aromatic rings. The van der Waals surface area contributed by atoms with Crippen molar-refractivity contribution in [1.82, 2.24) is 35.7 Å². The number of hydrogen-bond acceptors (Lipinski definition) is 6. The molecule has 0 spiro atoms. The van der Waals surface area contributed by atoms with Gasteiger partial charge in [0.05, 0.1) is 17.9 Å². The van der Waals surface area contributed by atoms with Gasteiger partial charge >= 0.3 is 12.4 Å². The van der Waals surface area contributed by atoms with E-state index in [1.54, 1.807) is 0 Å². The van der Waals surface area contributed by atoms with Gasteiger partial charge in [-0.1, -0.05) is 0 Å². The molecule has 9 nitrogen and oxygen atoms in total. The number of rotatable bonds is 7. The number of nitrogens with zero attached hydrogens (tertiary/aromatic N) is 5. The molecule has 16 heteroatoms. The highest BCUT2D eigenvalue weighted by Gasteiger charge is 2.61. The third kappa shape index (κ3) is 5.27. The number of carbonyl (C=O) groups excluding carboxylic acids is 1. The summed E-state index contributed by atoms with van der Waals surface area (Å²) in [6.07, 6.45) is -10.7. The van der Waals surface area contributed by atoms with E-state index < -0.39 is 61.0 Å². The predicted octanol–water partition coefficient (Wildman–Crippen LogP) is 3.68. The first-order chi connectivity index (χ1) is 17.3. The average Bonchev–Trinajstić information content (AvgIpc) is 3.47. The molecule has 0 fully saturated rings. The highest BCUT2D eigenvalue weighted by molar-refractivity contribution is 6.27. The molecular formula is C21H18F7N7O2. The highest BCUT2D eigenvalue weighted by atomic mass is 19.4. The molecule has 0 aliphatic carbocycles. The maximum absolute atomic E-state index is 15.2. The molecule has 37 heavy (non-hydrogen) atoms. The van der Waals surface area contributed by atoms with Gasteiger partial charge in [-0.05, 0) is 35.4 Å². The van der Waals surface area contributed by atoms with Crippen LogP contribution in [0.3, 0.4) is 0 Å². The van der Waals surface area contributed by atoms with Crippen LogP contribution in [0.4, 0.5) is 30.7 Å². The number of amides is 1. The number of aryl methyl sites for hydroxylation is 1. The van der Waals surface area contributed by atoms with Crippen LogP contribution in [0.25, 0.3) is 11.1 Å². The van der Waals surface area contributed by atoms with Gasteiger partial charge < -0.3 is 10.1 Å². The van der Waals surface area contributed by atoms with E-state index in [1.807, 2.05) is 5.32 Å². The summed E-state index contributed by atoms with van der Waals surface area (Å²) in [6, 6.07) is 3.77. The van der Waals surface area contributed by atoms with Crippen LogP contribution in [0.2, 0.25) is 0 Å². The summed E-state index contributed by atoms with van der Waals surface area (Å²) in [5.74, 6) is -3.17. The summed E-state index contributed by atoms with van der Waals surface area (Å²) in [4.78, 5) is 13.1. The molecule has 0 saturated carbocycles. The van der Waals surface area contributed by atoms with Crippen LogP contribution in [0, 0.1) is 5.82 Å². The normalized spacial score (nSPS) is 18.8. The van der Waals surface area contributed by atoms with Gasteiger partial charge in [0.25, 0.3) is 5.91 Å². The van der Waals surface area contributed by atoms with E-state index in [2.05, 4.69) is 25.7 Å². The largest absolute Gasteiger partial charge is 0.493 e. The Morgan fingerprint density at radius 2 is 1.92 bits per heavy atom. The number of halogens is 7. The Balaban J connectivity index is 1.74. The summed E-state index contributed by atoms with van der Waals surface area (Å²) in [5, 5.41) is 18.8. The third-order valence-electron chi connectivity index (χ3n) is 5.65. The van der Waals surface area contributed by atoms with Crippen LogP contribution in [0.15, 0.2) is 30.5 Å². The van der Waals surface area contributed by atoms with Crippen molar-refractivity contribution < 1.29 is 40.3 Å². The molecule has 0 unspecified atom stereocenters. The van der Waals surface area contributed by atoms with E-state index >= 15 is 4.39 Å². The van der Waals surface area contributed by atoms with Gasteiger partial charge in [-0.25, -0.2) is 4.39 Å². The van der Waals surface area contributed by atoms with Crippen LogP contribution in [0.5, 0.6) is 5.75 Å². The Hall–Kier alpha value is -3.98. The lowest BCUT2D eigenvalue weighted by Gasteiger charge is -2.41. The number of hydrogen-bond donors (Lipinski definition) is 2. The van der Waals surface area contributed by atoms with Crippen molar-refractivity contribution in [2.24, 2.45) is 7.05 Å². The Morgan fingerprint density at radius 3 is 2.49 bits per heavy atom. The summed E-state index contributed by atoms with van der Waals surface area (Å²) in [7, 11) is 1.52. The number of alkyl halides is 6. The molecule has 4 rings (SSSR count). The molecule has 0 radical (unpaired) electrons. The van der Waals surface area contributed by atoms with Gasteiger partial charge in [0, 0.05) is 37.7 Å². The van der Waals surface area contributed by atoms with Crippen LogP contribution < -0.4 is 10.1 Å². The summed E-state index contributed by atoms with van der Waals surface area (Å²) >= 11 is 0. The molecule has 198 valence electrons. The monoisotopic (exact) mass is 533 g/mol. The molecule has 2 N–H and O–H groups in total. The fourth-order valence-corrected chi connectivity index (χ4v) is 3.97. The first kappa shape index (κ1) is 26.1. The van der Waals surface area contributed by atoms with Crippen LogP contribution in [-0.2, 0) is 17.4 Å². The van der Waals surface area contributed by atoms with Crippen molar-refractivity contribution in [3.63, 3.8) is 0 Å². The number of carbonyl (C=O) groups is 1. The Bertz CT molecular complexity index is 1320. The maximum Gasteiger partial charge on any atom is 0.416 e. The van der Waals surface area contributed by atoms with Crippen LogP contribution >= 0.6 is 0 Å². The summed E-state index contributed by atoms with van der Waals surface area (Å²) < 4.78 is 102. The minimum Gasteiger partial charge on any atom is -0.493 e. The lowest BCUT2D eigenvalue weighted by Crippen LogP contribution is -2.59. The fraction of sp³-hybridized carbons (Fsp3) is 0.381. The minimum atomic E-state index is -5.19. The number of ether oxygens (including phenoxy) is 1. The number of H-pyrrole nitrogens is 1. The van der Waals surface area contributed by atoms with Crippen molar-refractivity contribution in [3.8, 4) is 5.75 Å². The second-order valence-electron chi connectivity index (χ2n) is 8.21. The van der Waals surface area contributed by atoms with Gasteiger partial charge in [-0.2, -0.15) is 36.7 Å². The van der Waals surface area contributed by atoms with Gasteiger partial charge in [-0.15, -0.1) is 10.2 Å². The second kappa shape index (κ2) is 9.48. The zero-order chi connectivity index (χ0) is 27.0. The summed E-state index contributed by atoms with van der Waals surface area (Å²) in [6.45, 7) is -0.430. The van der Waals surface area contributed by atoms with E-state index in [1.165, 1.54) is 24.0 Å². The molecule has 3 heterocycles. The zero-order valence-electron chi connectivity index (χ0n) is 18.9. The highest BCUT2D eigenvalue weighted by Crippen LogP contribution is 2.50. The molecular weight excluding hydrogens is 515 g/mol. The number of tetrazole rings is 1. The third-order valence-corrected chi connectivity index (χ3v) is 5.65. The maximum atomic E-state index is 15.2. The first-order valence-electron chi connectivity index (χ1n) is 10.7. The molecule has 1 atom stereocenters. The topological polar surface area (TPSA) is 111 Å². The van der Waals surface area contributed by atoms with Crippen molar-refractivity contribution in [3.05, 3.63) is 53.4 Å². The molecule has 0 bridgehead atoms. The van der Waals surface area contributed by atoms with Crippen LogP contribution in [0.1, 0.15) is 36.3 Å². The second-order valence-corrected chi connectivity index (χ2v) is 8.21. The smallest absolute Gasteiger partial charge is 0.416 e. The number of aromatic nitrogens is 6. The molecule has 1 aliphatic heterocycles. The SMILES string of the molecule is Cn1ccc(C2=C(c3nn[nH]n3)C(=O)N[C@@](c3ccc(OCCCC(F)(F)F)cc3F)(C(F)(F)F)C2)n1. The molecule has 0 saturated heterocycles. The van der Waals surface area contributed by atoms with Gasteiger partial charge in [-0.3, -0.25) is 9.48 Å². The number of benzene rings is 1. The minimum absolute atomic E-state index is 0.0100. The van der Waals surface area contributed by atoms with Crippen molar-refractivity contribution in [2.75, 3.05) is 6.61 Å². The van der Waals surface area contributed by atoms with E-state index in [-0.39, 0.29) is 28.4 Å². The van der Waals surface area contributed by atoms with Crippen molar-refractivity contribution >= 4 is 17.1 Å². The number of nitrogens with one attached hydrogen (secondary N) is 2. The molecule has 1 amide bonds. The van der Waals surface area contributed by atoms with Crippen LogP contribution in [-0.4, -0.2) is 55.3 Å². The quantitative estimate of drug-likeness (QED) is 0.354. The zero-order valence-corrected chi connectivity index (χ0v) is 18.9. The van der Waals surface area contributed by atoms with Gasteiger partial charge in [0.1, 0.15) is 11.6 Å². The Morgan fingerprint density at radius 1 is 1.16 bits per heavy atom. The standard InChI is InChI=1S/C21H18F7N7O2/c1-35-7-5-15(32-35)12-10-19(21(26,27)28,29-18(36)16(12)17-30-33-34-31-17)13-4-3-11(9-14(13)22)37-8-2-6-20(23,24)25/h3-5,7,9H,2,6,8,10H2,1H3,(H,29,36)(H,30,31,33,34)/t19-/m0/s1. The fourth-order valence-electron chi connectivity index (χ4n) is 3.97. The predicted molar refractivity (Wildman–Crippen MR) is 112 cm³/mol. The first-order valence-corrected chi connectivity index (χ1v) is 10.7.